The van der Waals surface area contributed by atoms with Gasteiger partial charge in [0.15, 0.2) is 0 Å². The van der Waals surface area contributed by atoms with Crippen molar-refractivity contribution in [2.45, 2.75) is 44.9 Å². The van der Waals surface area contributed by atoms with Gasteiger partial charge in [0, 0.05) is 19.8 Å². The molecule has 2 rings (SSSR count). The fraction of sp³-hybridized carbons (Fsp3) is 0.346. The van der Waals surface area contributed by atoms with Crippen molar-refractivity contribution in [1.82, 2.24) is 4.90 Å². The minimum absolute atomic E-state index is 0.0560. The van der Waals surface area contributed by atoms with Gasteiger partial charge in [0.25, 0.3) is 0 Å². The van der Waals surface area contributed by atoms with Crippen LogP contribution in [0.3, 0.4) is 0 Å². The van der Waals surface area contributed by atoms with Gasteiger partial charge in [-0.2, -0.15) is 13.2 Å². The average Bonchev–Trinajstić information content (AvgIpc) is 2.81. The number of benzene rings is 2. The van der Waals surface area contributed by atoms with Crippen molar-refractivity contribution in [3.05, 3.63) is 77.4 Å². The second-order valence-electron chi connectivity index (χ2n) is 7.75. The van der Waals surface area contributed by atoms with Crippen LogP contribution >= 0.6 is 0 Å². The van der Waals surface area contributed by atoms with Gasteiger partial charge >= 0.3 is 12.1 Å². The fourth-order valence-electron chi connectivity index (χ4n) is 3.07. The lowest BCUT2D eigenvalue weighted by atomic mass is 10.1. The highest BCUT2D eigenvalue weighted by atomic mass is 19.4. The number of unbranched alkanes of at least 4 members (excludes halogenated alkanes) is 1. The fourth-order valence-corrected chi connectivity index (χ4v) is 3.07. The van der Waals surface area contributed by atoms with Crippen LogP contribution in [0.2, 0.25) is 0 Å². The summed E-state index contributed by atoms with van der Waals surface area (Å²) in [5, 5.41) is 0. The molecule has 0 aliphatic rings. The lowest BCUT2D eigenvalue weighted by Gasteiger charge is -2.21. The molecule has 1 amide bonds. The number of allylic oxidation sites excluding steroid dienone is 1. The lowest BCUT2D eigenvalue weighted by molar-refractivity contribution is -0.146. The number of hydrogen-bond donors (Lipinski definition) is 0. The summed E-state index contributed by atoms with van der Waals surface area (Å²) in [7, 11) is 1.47. The van der Waals surface area contributed by atoms with Crippen LogP contribution in [0.1, 0.15) is 42.9 Å². The number of hydrogen-bond acceptors (Lipinski definition) is 4. The van der Waals surface area contributed by atoms with Crippen LogP contribution in [0, 0.1) is 0 Å². The summed E-state index contributed by atoms with van der Waals surface area (Å²) in [4.78, 5) is 30.7. The van der Waals surface area contributed by atoms with E-state index in [4.69, 9.17) is 4.74 Å². The first-order valence-corrected chi connectivity index (χ1v) is 11.0. The van der Waals surface area contributed by atoms with E-state index in [1.54, 1.807) is 12.2 Å². The predicted molar refractivity (Wildman–Crippen MR) is 126 cm³/mol. The number of alkyl halides is 3. The third-order valence-corrected chi connectivity index (χ3v) is 4.90. The lowest BCUT2D eigenvalue weighted by Crippen LogP contribution is -2.36. The van der Waals surface area contributed by atoms with Gasteiger partial charge in [-0.3, -0.25) is 14.6 Å². The Balaban J connectivity index is 2.12. The second kappa shape index (κ2) is 13.3. The minimum atomic E-state index is -4.47. The smallest absolute Gasteiger partial charge is 0.416 e. The quantitative estimate of drug-likeness (QED) is 0.244. The van der Waals surface area contributed by atoms with Crippen LogP contribution in [-0.2, 0) is 27.0 Å². The zero-order valence-electron chi connectivity index (χ0n) is 19.3. The molecule has 0 heterocycles. The molecule has 34 heavy (non-hydrogen) atoms. The number of ether oxygens (including phenoxy) is 1. The van der Waals surface area contributed by atoms with Gasteiger partial charge in [-0.15, -0.1) is 0 Å². The average molecular weight is 475 g/mol. The molecule has 2 aromatic rings. The normalized spacial score (nSPS) is 12.7. The summed E-state index contributed by atoms with van der Waals surface area (Å²) >= 11 is 0. The number of rotatable bonds is 11. The molecule has 0 N–H and O–H groups in total. The molecule has 0 saturated heterocycles. The maximum absolute atomic E-state index is 13.0. The third-order valence-electron chi connectivity index (χ3n) is 4.90. The Morgan fingerprint density at radius 1 is 1.12 bits per heavy atom. The number of aliphatic imine (C=N–C) groups is 1. The van der Waals surface area contributed by atoms with Gasteiger partial charge < -0.3 is 9.64 Å². The van der Waals surface area contributed by atoms with Crippen LogP contribution in [-0.4, -0.2) is 42.7 Å². The number of carbonyl (C=O) groups excluding carboxylic acids is 2. The highest BCUT2D eigenvalue weighted by Crippen LogP contribution is 2.29. The van der Waals surface area contributed by atoms with E-state index in [2.05, 4.69) is 4.99 Å². The summed E-state index contributed by atoms with van der Waals surface area (Å²) in [6.45, 7) is 2.17. The maximum atomic E-state index is 13.0. The second-order valence-corrected chi connectivity index (χ2v) is 7.75. The number of halogens is 3. The van der Waals surface area contributed by atoms with Gasteiger partial charge in [0.05, 0.1) is 18.6 Å². The molecule has 0 saturated carbocycles. The topological polar surface area (TPSA) is 59.0 Å². The Labute approximate surface area is 197 Å². The summed E-state index contributed by atoms with van der Waals surface area (Å²) in [5.41, 5.74) is 0.478. The first-order valence-electron chi connectivity index (χ1n) is 11.0. The van der Waals surface area contributed by atoms with Gasteiger partial charge in [-0.05, 0) is 35.8 Å². The summed E-state index contributed by atoms with van der Waals surface area (Å²) in [5.74, 6) is -1.04. The van der Waals surface area contributed by atoms with Crippen molar-refractivity contribution in [3.63, 3.8) is 0 Å². The van der Waals surface area contributed by atoms with E-state index in [0.29, 0.717) is 12.0 Å². The van der Waals surface area contributed by atoms with Crippen molar-refractivity contribution in [2.24, 2.45) is 4.99 Å². The Morgan fingerprint density at radius 2 is 1.85 bits per heavy atom. The van der Waals surface area contributed by atoms with E-state index >= 15 is 0 Å². The molecule has 0 bridgehead atoms. The molecule has 2 aromatic carbocycles. The molecule has 0 aliphatic carbocycles. The minimum Gasteiger partial charge on any atom is -0.466 e. The SMILES string of the molecule is CCCCOC(=O)C[C@@H](N=C/C=C/c1ccccc1)C(=O)N(C)Cc1cccc(C(F)(F)F)c1. The van der Waals surface area contributed by atoms with Crippen LogP contribution < -0.4 is 0 Å². The zero-order chi connectivity index (χ0) is 25.0. The van der Waals surface area contributed by atoms with E-state index < -0.39 is 29.7 Å². The Bertz CT molecular complexity index is 988. The summed E-state index contributed by atoms with van der Waals surface area (Å²) < 4.78 is 44.2. The van der Waals surface area contributed by atoms with Gasteiger partial charge in [0.2, 0.25) is 5.91 Å². The van der Waals surface area contributed by atoms with E-state index in [9.17, 15) is 22.8 Å². The molecular weight excluding hydrogens is 445 g/mol. The number of nitrogens with zero attached hydrogens (tertiary/aromatic N) is 2. The van der Waals surface area contributed by atoms with Crippen molar-refractivity contribution >= 4 is 24.2 Å². The maximum Gasteiger partial charge on any atom is 0.416 e. The molecule has 5 nitrogen and oxygen atoms in total. The van der Waals surface area contributed by atoms with E-state index in [-0.39, 0.29) is 19.6 Å². The van der Waals surface area contributed by atoms with Crippen molar-refractivity contribution < 1.29 is 27.5 Å². The standard InChI is InChI=1S/C26H29F3N2O3/c1-3-4-16-34-24(32)18-23(30-15-9-13-20-10-6-5-7-11-20)25(33)31(2)19-21-12-8-14-22(17-21)26(27,28)29/h5-15,17,23H,3-4,16,18-19H2,1-2H3/b13-9+,30-15?/t23-/m1/s1. The van der Waals surface area contributed by atoms with E-state index in [1.165, 1.54) is 30.3 Å². The molecule has 1 atom stereocenters. The third kappa shape index (κ3) is 9.21. The van der Waals surface area contributed by atoms with Crippen LogP contribution in [0.5, 0.6) is 0 Å². The van der Waals surface area contributed by atoms with Crippen molar-refractivity contribution in [3.8, 4) is 0 Å². The van der Waals surface area contributed by atoms with Crippen molar-refractivity contribution in [2.75, 3.05) is 13.7 Å². The first-order chi connectivity index (χ1) is 16.2. The number of carbonyl (C=O) groups is 2. The molecule has 0 unspecified atom stereocenters. The summed E-state index contributed by atoms with van der Waals surface area (Å²) in [6.07, 6.45) is 1.74. The Morgan fingerprint density at radius 3 is 2.53 bits per heavy atom. The summed E-state index contributed by atoms with van der Waals surface area (Å²) in [6, 6.07) is 13.2. The van der Waals surface area contributed by atoms with Gasteiger partial charge in [-0.25, -0.2) is 0 Å². The molecular formula is C26H29F3N2O3. The number of likely N-dealkylation sites (N-methyl/N-ethyl adjacent to an activating group) is 1. The number of esters is 1. The number of amides is 1. The molecule has 0 aromatic heterocycles. The molecule has 0 fully saturated rings. The largest absolute Gasteiger partial charge is 0.466 e. The molecule has 0 radical (unpaired) electrons. The first kappa shape index (κ1) is 26.8. The highest BCUT2D eigenvalue weighted by molar-refractivity contribution is 5.89. The van der Waals surface area contributed by atoms with E-state index in [0.717, 1.165) is 24.1 Å². The van der Waals surface area contributed by atoms with Crippen molar-refractivity contribution in [1.29, 1.82) is 0 Å². The van der Waals surface area contributed by atoms with Gasteiger partial charge in [-0.1, -0.05) is 61.9 Å². The highest BCUT2D eigenvalue weighted by Gasteiger charge is 2.31. The van der Waals surface area contributed by atoms with E-state index in [1.807, 2.05) is 37.3 Å². The van der Waals surface area contributed by atoms with Crippen LogP contribution in [0.15, 0.2) is 65.7 Å². The predicted octanol–water partition coefficient (Wildman–Crippen LogP) is 5.55. The zero-order valence-corrected chi connectivity index (χ0v) is 19.3. The van der Waals surface area contributed by atoms with Crippen LogP contribution in [0.4, 0.5) is 13.2 Å². The van der Waals surface area contributed by atoms with Crippen LogP contribution in [0.25, 0.3) is 6.08 Å². The molecule has 0 aliphatic heterocycles. The monoisotopic (exact) mass is 474 g/mol. The molecule has 8 heteroatoms. The Kier molecular flexibility index (Phi) is 10.5. The molecule has 0 spiro atoms. The Hall–Kier alpha value is -3.42. The molecule has 182 valence electrons. The van der Waals surface area contributed by atoms with Gasteiger partial charge in [0.1, 0.15) is 6.04 Å².